The first kappa shape index (κ1) is 18.3. The van der Waals surface area contributed by atoms with Crippen LogP contribution >= 0.6 is 11.8 Å². The third-order valence-corrected chi connectivity index (χ3v) is 5.44. The lowest BCUT2D eigenvalue weighted by atomic mass is 10.1. The smallest absolute Gasteiger partial charge is 0.293 e. The number of furan rings is 1. The molecule has 2 amide bonds. The normalized spacial score (nSPS) is 12.7. The van der Waals surface area contributed by atoms with E-state index >= 15 is 0 Å². The van der Waals surface area contributed by atoms with Crippen molar-refractivity contribution in [3.8, 4) is 0 Å². The van der Waals surface area contributed by atoms with Crippen LogP contribution in [0.15, 0.2) is 70.2 Å². The molecule has 1 aliphatic heterocycles. The summed E-state index contributed by atoms with van der Waals surface area (Å²) in [7, 11) is 0. The monoisotopic (exact) mass is 396 g/mol. The Morgan fingerprint density at radius 1 is 1.14 bits per heavy atom. The molecule has 0 bridgehead atoms. The number of nitrogens with zero attached hydrogens (tertiary/aromatic N) is 1. The molecule has 2 heterocycles. The van der Waals surface area contributed by atoms with Gasteiger partial charge in [-0.25, -0.2) is 4.39 Å². The van der Waals surface area contributed by atoms with E-state index in [1.54, 1.807) is 29.2 Å². The molecule has 142 valence electrons. The molecule has 1 N–H and O–H groups in total. The molecular formula is C21H17FN2O3S. The first-order valence-corrected chi connectivity index (χ1v) is 9.75. The average molecular weight is 396 g/mol. The van der Waals surface area contributed by atoms with Crippen molar-refractivity contribution in [3.63, 3.8) is 0 Å². The van der Waals surface area contributed by atoms with Gasteiger partial charge in [0.05, 0.1) is 12.0 Å². The third-order valence-electron chi connectivity index (χ3n) is 4.43. The van der Waals surface area contributed by atoms with E-state index < -0.39 is 0 Å². The molecule has 0 fully saturated rings. The lowest BCUT2D eigenvalue weighted by Crippen LogP contribution is -2.28. The summed E-state index contributed by atoms with van der Waals surface area (Å²) in [6.07, 6.45) is 2.23. The predicted molar refractivity (Wildman–Crippen MR) is 106 cm³/mol. The zero-order chi connectivity index (χ0) is 19.5. The molecule has 0 spiro atoms. The number of hydrogen-bond acceptors (Lipinski definition) is 4. The molecule has 0 radical (unpaired) electrons. The Bertz CT molecular complexity index is 1000. The number of anilines is 2. The van der Waals surface area contributed by atoms with Crippen LogP contribution in [0.25, 0.3) is 0 Å². The van der Waals surface area contributed by atoms with Gasteiger partial charge < -0.3 is 14.6 Å². The van der Waals surface area contributed by atoms with E-state index in [1.807, 2.05) is 18.2 Å². The number of thioether (sulfide) groups is 1. The Balaban J connectivity index is 1.42. The zero-order valence-corrected chi connectivity index (χ0v) is 15.7. The van der Waals surface area contributed by atoms with Gasteiger partial charge in [-0.3, -0.25) is 9.59 Å². The molecule has 0 unspecified atom stereocenters. The summed E-state index contributed by atoms with van der Waals surface area (Å²) in [5.74, 6) is -0.175. The Morgan fingerprint density at radius 3 is 2.71 bits per heavy atom. The van der Waals surface area contributed by atoms with E-state index in [2.05, 4.69) is 5.32 Å². The lowest BCUT2D eigenvalue weighted by Gasteiger charge is -2.17. The van der Waals surface area contributed by atoms with Crippen LogP contribution in [0.5, 0.6) is 0 Å². The molecule has 1 aliphatic rings. The van der Waals surface area contributed by atoms with Crippen LogP contribution in [0.4, 0.5) is 15.8 Å². The fourth-order valence-corrected chi connectivity index (χ4v) is 3.78. The van der Waals surface area contributed by atoms with E-state index in [0.29, 0.717) is 12.2 Å². The topological polar surface area (TPSA) is 62.6 Å². The molecule has 0 saturated carbocycles. The number of amides is 2. The Kier molecular flexibility index (Phi) is 5.16. The van der Waals surface area contributed by atoms with Crippen molar-refractivity contribution in [2.75, 3.05) is 22.5 Å². The maximum Gasteiger partial charge on any atom is 0.293 e. The van der Waals surface area contributed by atoms with Gasteiger partial charge in [0.1, 0.15) is 5.82 Å². The third kappa shape index (κ3) is 3.94. The summed E-state index contributed by atoms with van der Waals surface area (Å²) in [5, 5.41) is 2.85. The summed E-state index contributed by atoms with van der Waals surface area (Å²) < 4.78 is 18.1. The van der Waals surface area contributed by atoms with Crippen LogP contribution in [0.1, 0.15) is 16.1 Å². The number of nitrogens with one attached hydrogen (secondary N) is 1. The van der Waals surface area contributed by atoms with Gasteiger partial charge in [-0.05, 0) is 60.5 Å². The van der Waals surface area contributed by atoms with Crippen molar-refractivity contribution >= 4 is 35.0 Å². The van der Waals surface area contributed by atoms with Gasteiger partial charge in [0.2, 0.25) is 5.91 Å². The molecule has 3 aromatic rings. The molecule has 0 atom stereocenters. The molecule has 7 heteroatoms. The van der Waals surface area contributed by atoms with E-state index in [9.17, 15) is 14.0 Å². The molecular weight excluding hydrogens is 379 g/mol. The van der Waals surface area contributed by atoms with Gasteiger partial charge in [-0.1, -0.05) is 6.07 Å². The quantitative estimate of drug-likeness (QED) is 0.651. The van der Waals surface area contributed by atoms with Crippen molar-refractivity contribution in [3.05, 3.63) is 78.0 Å². The minimum atomic E-state index is -0.305. The molecule has 2 aromatic carbocycles. The standard InChI is InChI=1S/C21H17FN2O3S/c22-15-4-7-17(8-5-15)28-13-20(25)23-16-6-3-14-9-10-24(18(14)12-16)21(26)19-2-1-11-27-19/h1-8,11-12H,9-10,13H2,(H,23,25). The highest BCUT2D eigenvalue weighted by Gasteiger charge is 2.27. The van der Waals surface area contributed by atoms with Crippen LogP contribution in [0.3, 0.4) is 0 Å². The molecule has 0 aliphatic carbocycles. The van der Waals surface area contributed by atoms with E-state index in [4.69, 9.17) is 4.42 Å². The summed E-state index contributed by atoms with van der Waals surface area (Å²) in [4.78, 5) is 27.3. The number of fused-ring (bicyclic) bond motifs is 1. The number of benzene rings is 2. The molecule has 1 aromatic heterocycles. The summed E-state index contributed by atoms with van der Waals surface area (Å²) in [6, 6.07) is 14.9. The van der Waals surface area contributed by atoms with Crippen LogP contribution in [-0.4, -0.2) is 24.1 Å². The van der Waals surface area contributed by atoms with Crippen LogP contribution in [0, 0.1) is 5.82 Å². The van der Waals surface area contributed by atoms with Crippen molar-refractivity contribution in [1.82, 2.24) is 0 Å². The first-order valence-electron chi connectivity index (χ1n) is 8.77. The summed E-state index contributed by atoms with van der Waals surface area (Å²) >= 11 is 1.33. The number of carbonyl (C=O) groups is 2. The summed E-state index contributed by atoms with van der Waals surface area (Å²) in [6.45, 7) is 0.576. The Labute approximate surface area is 165 Å². The second-order valence-electron chi connectivity index (χ2n) is 6.32. The highest BCUT2D eigenvalue weighted by Crippen LogP contribution is 2.32. The fourth-order valence-electron chi connectivity index (χ4n) is 3.08. The van der Waals surface area contributed by atoms with Gasteiger partial charge in [-0.15, -0.1) is 11.8 Å². The van der Waals surface area contributed by atoms with E-state index in [0.717, 1.165) is 22.6 Å². The van der Waals surface area contributed by atoms with Crippen molar-refractivity contribution in [2.45, 2.75) is 11.3 Å². The van der Waals surface area contributed by atoms with Gasteiger partial charge >= 0.3 is 0 Å². The first-order chi connectivity index (χ1) is 13.6. The van der Waals surface area contributed by atoms with Crippen LogP contribution < -0.4 is 10.2 Å². The lowest BCUT2D eigenvalue weighted by molar-refractivity contribution is -0.113. The van der Waals surface area contributed by atoms with Gasteiger partial charge in [0, 0.05) is 22.8 Å². The number of rotatable bonds is 5. The zero-order valence-electron chi connectivity index (χ0n) is 14.9. The minimum absolute atomic E-state index is 0.170. The number of halogens is 1. The Morgan fingerprint density at radius 2 is 1.96 bits per heavy atom. The molecule has 28 heavy (non-hydrogen) atoms. The predicted octanol–water partition coefficient (Wildman–Crippen LogP) is 4.35. The van der Waals surface area contributed by atoms with Gasteiger partial charge in [0.25, 0.3) is 5.91 Å². The van der Waals surface area contributed by atoms with E-state index in [1.165, 1.54) is 30.2 Å². The largest absolute Gasteiger partial charge is 0.459 e. The second-order valence-corrected chi connectivity index (χ2v) is 7.37. The highest BCUT2D eigenvalue weighted by atomic mass is 32.2. The van der Waals surface area contributed by atoms with E-state index in [-0.39, 0.29) is 29.1 Å². The van der Waals surface area contributed by atoms with Gasteiger partial charge in [0.15, 0.2) is 5.76 Å². The maximum atomic E-state index is 12.9. The highest BCUT2D eigenvalue weighted by molar-refractivity contribution is 8.00. The van der Waals surface area contributed by atoms with Crippen molar-refractivity contribution in [1.29, 1.82) is 0 Å². The molecule has 4 rings (SSSR count). The van der Waals surface area contributed by atoms with Crippen LogP contribution in [-0.2, 0) is 11.2 Å². The minimum Gasteiger partial charge on any atom is -0.459 e. The van der Waals surface area contributed by atoms with Crippen molar-refractivity contribution in [2.24, 2.45) is 0 Å². The fraction of sp³-hybridized carbons (Fsp3) is 0.143. The SMILES string of the molecule is O=C(CSc1ccc(F)cc1)Nc1ccc2c(c1)N(C(=O)c1ccco1)CC2. The number of hydrogen-bond donors (Lipinski definition) is 1. The average Bonchev–Trinajstić information content (AvgIpc) is 3.37. The summed E-state index contributed by atoms with van der Waals surface area (Å²) in [5.41, 5.74) is 2.46. The van der Waals surface area contributed by atoms with Crippen LogP contribution in [0.2, 0.25) is 0 Å². The van der Waals surface area contributed by atoms with Crippen molar-refractivity contribution < 1.29 is 18.4 Å². The number of carbonyl (C=O) groups excluding carboxylic acids is 2. The van der Waals surface area contributed by atoms with Gasteiger partial charge in [-0.2, -0.15) is 0 Å². The molecule has 5 nitrogen and oxygen atoms in total. The maximum absolute atomic E-state index is 12.9. The second kappa shape index (κ2) is 7.90. The molecule has 0 saturated heterocycles. The Hall–Kier alpha value is -3.06.